The fourth-order valence-electron chi connectivity index (χ4n) is 3.42. The zero-order chi connectivity index (χ0) is 25.4. The number of para-hydroxylation sites is 2. The maximum atomic E-state index is 13.3. The van der Waals surface area contributed by atoms with Gasteiger partial charge < -0.3 is 29.2 Å². The van der Waals surface area contributed by atoms with Crippen molar-refractivity contribution in [2.75, 3.05) is 50.2 Å². The summed E-state index contributed by atoms with van der Waals surface area (Å²) in [6.07, 6.45) is -5.96. The van der Waals surface area contributed by atoms with E-state index in [-0.39, 0.29) is 18.7 Å². The molecule has 1 aliphatic rings. The smallest absolute Gasteiger partial charge is 0.416 e. The number of amides is 1. The minimum Gasteiger partial charge on any atom is -0.493 e. The molecule has 3 rings (SSSR count). The Bertz CT molecular complexity index is 1020. The SMILES string of the molecule is COc1ccccc1OCCC(=O)OC(C)C(=O)Nc1cc(C(F)(F)F)ccc1N1CCOCC1. The van der Waals surface area contributed by atoms with Crippen molar-refractivity contribution in [3.63, 3.8) is 0 Å². The third kappa shape index (κ3) is 7.25. The topological polar surface area (TPSA) is 86.3 Å². The number of ether oxygens (including phenoxy) is 4. The number of halogens is 3. The highest BCUT2D eigenvalue weighted by atomic mass is 19.4. The maximum absolute atomic E-state index is 13.3. The van der Waals surface area contributed by atoms with Gasteiger partial charge in [-0.1, -0.05) is 12.1 Å². The second-order valence-electron chi connectivity index (χ2n) is 7.70. The Morgan fingerprint density at radius 2 is 1.80 bits per heavy atom. The number of alkyl halides is 3. The number of carbonyl (C=O) groups is 2. The highest BCUT2D eigenvalue weighted by molar-refractivity contribution is 5.98. The van der Waals surface area contributed by atoms with Gasteiger partial charge in [-0.15, -0.1) is 0 Å². The Kier molecular flexibility index (Phi) is 8.80. The van der Waals surface area contributed by atoms with Crippen LogP contribution in [0, 0.1) is 0 Å². The number of anilines is 2. The lowest BCUT2D eigenvalue weighted by molar-refractivity contribution is -0.153. The van der Waals surface area contributed by atoms with Crippen LogP contribution in [0.15, 0.2) is 42.5 Å². The Hall–Kier alpha value is -3.47. The molecule has 1 unspecified atom stereocenters. The minimum atomic E-state index is -4.58. The number of nitrogens with zero attached hydrogens (tertiary/aromatic N) is 1. The van der Waals surface area contributed by atoms with E-state index in [1.165, 1.54) is 20.1 Å². The van der Waals surface area contributed by atoms with E-state index in [4.69, 9.17) is 18.9 Å². The van der Waals surface area contributed by atoms with Crippen LogP contribution >= 0.6 is 0 Å². The Morgan fingerprint density at radius 3 is 2.46 bits per heavy atom. The average Bonchev–Trinajstić information content (AvgIpc) is 2.84. The van der Waals surface area contributed by atoms with Gasteiger partial charge in [0.1, 0.15) is 0 Å². The molecule has 0 bridgehead atoms. The summed E-state index contributed by atoms with van der Waals surface area (Å²) >= 11 is 0. The van der Waals surface area contributed by atoms with Gasteiger partial charge in [-0.2, -0.15) is 13.2 Å². The van der Waals surface area contributed by atoms with Crippen LogP contribution in [-0.2, 0) is 25.2 Å². The van der Waals surface area contributed by atoms with Gasteiger partial charge >= 0.3 is 12.1 Å². The molecular formula is C24H27F3N2O6. The van der Waals surface area contributed by atoms with Crippen molar-refractivity contribution in [1.82, 2.24) is 0 Å². The molecule has 11 heteroatoms. The Labute approximate surface area is 200 Å². The first-order valence-electron chi connectivity index (χ1n) is 11.0. The molecule has 0 spiro atoms. The molecule has 0 aromatic heterocycles. The van der Waals surface area contributed by atoms with E-state index in [1.54, 1.807) is 24.3 Å². The van der Waals surface area contributed by atoms with Gasteiger partial charge in [0.05, 0.1) is 50.3 Å². The number of morpholine rings is 1. The van der Waals surface area contributed by atoms with Crippen LogP contribution in [0.2, 0.25) is 0 Å². The lowest BCUT2D eigenvalue weighted by Crippen LogP contribution is -2.37. The standard InChI is InChI=1S/C24H27F3N2O6/c1-16(35-22(30)9-12-34-21-6-4-3-5-20(21)32-2)23(31)28-18-15-17(24(25,26)27)7-8-19(18)29-10-13-33-14-11-29/h3-8,15-16H,9-14H2,1-2H3,(H,28,31). The molecule has 2 aromatic carbocycles. The third-order valence-electron chi connectivity index (χ3n) is 5.24. The van der Waals surface area contributed by atoms with Gasteiger partial charge in [0, 0.05) is 13.1 Å². The van der Waals surface area contributed by atoms with E-state index in [9.17, 15) is 22.8 Å². The van der Waals surface area contributed by atoms with Crippen molar-refractivity contribution >= 4 is 23.3 Å². The molecule has 1 amide bonds. The quantitative estimate of drug-likeness (QED) is 0.527. The van der Waals surface area contributed by atoms with Crippen LogP contribution in [0.1, 0.15) is 18.9 Å². The van der Waals surface area contributed by atoms with E-state index in [0.717, 1.165) is 12.1 Å². The minimum absolute atomic E-state index is 0.0116. The number of rotatable bonds is 9. The molecule has 0 radical (unpaired) electrons. The third-order valence-corrected chi connectivity index (χ3v) is 5.24. The normalized spacial score (nSPS) is 14.7. The summed E-state index contributed by atoms with van der Waals surface area (Å²) in [5, 5.41) is 2.48. The number of methoxy groups -OCH3 is 1. The van der Waals surface area contributed by atoms with Gasteiger partial charge in [0.25, 0.3) is 5.91 Å². The maximum Gasteiger partial charge on any atom is 0.416 e. The molecule has 1 atom stereocenters. The predicted octanol–water partition coefficient (Wildman–Crippen LogP) is 3.89. The van der Waals surface area contributed by atoms with Gasteiger partial charge in [-0.05, 0) is 37.3 Å². The average molecular weight is 496 g/mol. The first kappa shape index (κ1) is 26.1. The van der Waals surface area contributed by atoms with E-state index < -0.39 is 29.7 Å². The summed E-state index contributed by atoms with van der Waals surface area (Å²) in [6, 6.07) is 10.1. The van der Waals surface area contributed by atoms with Gasteiger partial charge in [-0.25, -0.2) is 0 Å². The van der Waals surface area contributed by atoms with Crippen LogP contribution in [0.25, 0.3) is 0 Å². The van der Waals surface area contributed by atoms with Crippen LogP contribution < -0.4 is 19.7 Å². The van der Waals surface area contributed by atoms with Gasteiger partial charge in [-0.3, -0.25) is 9.59 Å². The largest absolute Gasteiger partial charge is 0.493 e. The molecule has 1 fully saturated rings. The van der Waals surface area contributed by atoms with Gasteiger partial charge in [0.15, 0.2) is 17.6 Å². The Balaban J connectivity index is 1.60. The van der Waals surface area contributed by atoms with Gasteiger partial charge in [0.2, 0.25) is 0 Å². The zero-order valence-corrected chi connectivity index (χ0v) is 19.4. The van der Waals surface area contributed by atoms with Crippen molar-refractivity contribution in [1.29, 1.82) is 0 Å². The molecule has 1 heterocycles. The van der Waals surface area contributed by atoms with Crippen molar-refractivity contribution < 1.29 is 41.7 Å². The molecule has 1 aliphatic heterocycles. The molecule has 8 nitrogen and oxygen atoms in total. The number of hydrogen-bond donors (Lipinski definition) is 1. The number of hydrogen-bond acceptors (Lipinski definition) is 7. The molecule has 1 saturated heterocycles. The second kappa shape index (κ2) is 11.8. The molecule has 35 heavy (non-hydrogen) atoms. The fourth-order valence-corrected chi connectivity index (χ4v) is 3.42. The van der Waals surface area contributed by atoms with E-state index in [2.05, 4.69) is 5.32 Å². The second-order valence-corrected chi connectivity index (χ2v) is 7.70. The van der Waals surface area contributed by atoms with Crippen molar-refractivity contribution in [3.8, 4) is 11.5 Å². The molecule has 190 valence electrons. The van der Waals surface area contributed by atoms with Crippen molar-refractivity contribution in [3.05, 3.63) is 48.0 Å². The first-order valence-corrected chi connectivity index (χ1v) is 11.0. The summed E-state index contributed by atoms with van der Waals surface area (Å²) in [7, 11) is 1.49. The lowest BCUT2D eigenvalue weighted by Gasteiger charge is -2.31. The van der Waals surface area contributed by atoms with Crippen molar-refractivity contribution in [2.45, 2.75) is 25.6 Å². The van der Waals surface area contributed by atoms with E-state index in [1.807, 2.05) is 4.90 Å². The lowest BCUT2D eigenvalue weighted by atomic mass is 10.1. The molecule has 0 aliphatic carbocycles. The molecule has 1 N–H and O–H groups in total. The number of carbonyl (C=O) groups excluding carboxylic acids is 2. The summed E-state index contributed by atoms with van der Waals surface area (Å²) in [5.41, 5.74) is -0.490. The summed E-state index contributed by atoms with van der Waals surface area (Å²) in [6.45, 7) is 3.09. The number of esters is 1. The van der Waals surface area contributed by atoms with Crippen LogP contribution in [0.4, 0.5) is 24.5 Å². The summed E-state index contributed by atoms with van der Waals surface area (Å²) < 4.78 is 60.9. The highest BCUT2D eigenvalue weighted by Gasteiger charge is 2.32. The molecular weight excluding hydrogens is 469 g/mol. The van der Waals surface area contributed by atoms with Crippen LogP contribution in [-0.4, -0.2) is 58.0 Å². The van der Waals surface area contributed by atoms with E-state index in [0.29, 0.717) is 43.5 Å². The predicted molar refractivity (Wildman–Crippen MR) is 122 cm³/mol. The summed E-state index contributed by atoms with van der Waals surface area (Å²) in [4.78, 5) is 26.7. The fraction of sp³-hybridized carbons (Fsp3) is 0.417. The van der Waals surface area contributed by atoms with Crippen LogP contribution in [0.5, 0.6) is 11.5 Å². The molecule has 0 saturated carbocycles. The number of nitrogens with one attached hydrogen (secondary N) is 1. The summed E-state index contributed by atoms with van der Waals surface area (Å²) in [5.74, 6) is -0.489. The molecule has 2 aromatic rings. The number of benzene rings is 2. The van der Waals surface area contributed by atoms with Crippen molar-refractivity contribution in [2.24, 2.45) is 0 Å². The van der Waals surface area contributed by atoms with E-state index >= 15 is 0 Å². The first-order chi connectivity index (χ1) is 16.7. The monoisotopic (exact) mass is 496 g/mol. The zero-order valence-electron chi connectivity index (χ0n) is 19.4. The highest BCUT2D eigenvalue weighted by Crippen LogP contribution is 2.36. The Morgan fingerprint density at radius 1 is 1.11 bits per heavy atom. The van der Waals surface area contributed by atoms with Crippen LogP contribution in [0.3, 0.4) is 0 Å².